The van der Waals surface area contributed by atoms with Crippen molar-refractivity contribution in [3.8, 4) is 0 Å². The topological polar surface area (TPSA) is 38.8 Å². The zero-order chi connectivity index (χ0) is 13.9. The van der Waals surface area contributed by atoms with Crippen LogP contribution in [0, 0.1) is 5.92 Å². The average Bonchev–Trinajstić information content (AvgIpc) is 2.76. The smallest absolute Gasteiger partial charge is 0.323 e. The van der Waals surface area contributed by atoms with Crippen LogP contribution in [0.2, 0.25) is 0 Å². The molecular weight excluding hydrogens is 242 g/mol. The van der Waals surface area contributed by atoms with Crippen LogP contribution in [0.25, 0.3) is 0 Å². The first-order valence-electron chi connectivity index (χ1n) is 7.50. The van der Waals surface area contributed by atoms with Gasteiger partial charge in [-0.05, 0) is 58.9 Å². The Morgan fingerprint density at radius 2 is 1.95 bits per heavy atom. The van der Waals surface area contributed by atoms with Gasteiger partial charge in [0, 0.05) is 19.8 Å². The van der Waals surface area contributed by atoms with Crippen LogP contribution in [0.4, 0.5) is 0 Å². The number of carbonyl (C=O) groups excluding carboxylic acids is 1. The first kappa shape index (κ1) is 14.8. The third-order valence-electron chi connectivity index (χ3n) is 3.88. The molecule has 0 aromatic rings. The molecule has 0 saturated carbocycles. The van der Waals surface area contributed by atoms with Crippen molar-refractivity contribution in [2.24, 2.45) is 5.92 Å². The van der Waals surface area contributed by atoms with Gasteiger partial charge < -0.3 is 9.47 Å². The fourth-order valence-electron chi connectivity index (χ4n) is 2.94. The van der Waals surface area contributed by atoms with Crippen LogP contribution in [0.1, 0.15) is 46.5 Å². The van der Waals surface area contributed by atoms with Gasteiger partial charge in [-0.1, -0.05) is 0 Å². The summed E-state index contributed by atoms with van der Waals surface area (Å²) in [4.78, 5) is 14.5. The molecule has 0 amide bonds. The Labute approximate surface area is 116 Å². The van der Waals surface area contributed by atoms with E-state index in [1.54, 1.807) is 0 Å². The summed E-state index contributed by atoms with van der Waals surface area (Å²) in [5.74, 6) is 0.633. The molecule has 4 heteroatoms. The molecule has 0 bridgehead atoms. The van der Waals surface area contributed by atoms with Gasteiger partial charge >= 0.3 is 5.97 Å². The minimum Gasteiger partial charge on any atom is -0.459 e. The van der Waals surface area contributed by atoms with Gasteiger partial charge in [0.2, 0.25) is 0 Å². The zero-order valence-electron chi connectivity index (χ0n) is 12.5. The van der Waals surface area contributed by atoms with Crippen molar-refractivity contribution in [1.29, 1.82) is 0 Å². The van der Waals surface area contributed by atoms with Gasteiger partial charge in [-0.15, -0.1) is 0 Å². The number of esters is 1. The van der Waals surface area contributed by atoms with E-state index in [-0.39, 0.29) is 17.6 Å². The van der Waals surface area contributed by atoms with E-state index < -0.39 is 0 Å². The van der Waals surface area contributed by atoms with Gasteiger partial charge in [-0.25, -0.2) is 0 Å². The predicted octanol–water partition coefficient (Wildman–Crippen LogP) is 2.22. The molecule has 0 aromatic heterocycles. The van der Waals surface area contributed by atoms with E-state index in [2.05, 4.69) is 4.90 Å². The van der Waals surface area contributed by atoms with Gasteiger partial charge in [0.1, 0.15) is 11.6 Å². The van der Waals surface area contributed by atoms with E-state index in [4.69, 9.17) is 9.47 Å². The molecule has 110 valence electrons. The standard InChI is InChI=1S/C15H27NO3/c1-15(2,3)19-14(17)13-5-4-8-16(13)11-12-6-9-18-10-7-12/h12-13H,4-11H2,1-3H3. The molecule has 0 N–H and O–H groups in total. The number of ether oxygens (including phenoxy) is 2. The van der Waals surface area contributed by atoms with Crippen molar-refractivity contribution in [3.05, 3.63) is 0 Å². The number of likely N-dealkylation sites (tertiary alicyclic amines) is 1. The molecule has 2 aliphatic heterocycles. The second kappa shape index (κ2) is 6.23. The second-order valence-corrected chi connectivity index (χ2v) is 6.74. The number of hydrogen-bond donors (Lipinski definition) is 0. The van der Waals surface area contributed by atoms with E-state index in [0.29, 0.717) is 5.92 Å². The van der Waals surface area contributed by atoms with Crippen LogP contribution in [-0.4, -0.2) is 48.8 Å². The quantitative estimate of drug-likeness (QED) is 0.736. The van der Waals surface area contributed by atoms with Crippen LogP contribution < -0.4 is 0 Å². The van der Waals surface area contributed by atoms with Crippen molar-refractivity contribution < 1.29 is 14.3 Å². The predicted molar refractivity (Wildman–Crippen MR) is 74.0 cm³/mol. The Bertz CT molecular complexity index is 305. The van der Waals surface area contributed by atoms with Gasteiger partial charge in [0.15, 0.2) is 0 Å². The maximum atomic E-state index is 12.2. The van der Waals surface area contributed by atoms with Crippen molar-refractivity contribution in [1.82, 2.24) is 4.90 Å². The summed E-state index contributed by atoms with van der Waals surface area (Å²) in [6.45, 7) is 9.59. The van der Waals surface area contributed by atoms with Crippen molar-refractivity contribution in [3.63, 3.8) is 0 Å². The summed E-state index contributed by atoms with van der Waals surface area (Å²) in [5.41, 5.74) is -0.385. The molecule has 2 fully saturated rings. The van der Waals surface area contributed by atoms with Crippen molar-refractivity contribution >= 4 is 5.97 Å². The molecule has 19 heavy (non-hydrogen) atoms. The zero-order valence-corrected chi connectivity index (χ0v) is 12.5. The molecule has 4 nitrogen and oxygen atoms in total. The molecular formula is C15H27NO3. The summed E-state index contributed by atoms with van der Waals surface area (Å²) in [5, 5.41) is 0. The lowest BCUT2D eigenvalue weighted by Gasteiger charge is -2.31. The van der Waals surface area contributed by atoms with Crippen LogP contribution in [-0.2, 0) is 14.3 Å². The van der Waals surface area contributed by atoms with Crippen LogP contribution >= 0.6 is 0 Å². The van der Waals surface area contributed by atoms with Crippen molar-refractivity contribution in [2.75, 3.05) is 26.3 Å². The Balaban J connectivity index is 1.87. The number of nitrogens with zero attached hydrogens (tertiary/aromatic N) is 1. The SMILES string of the molecule is CC(C)(C)OC(=O)C1CCCN1CC1CCOCC1. The lowest BCUT2D eigenvalue weighted by Crippen LogP contribution is -2.43. The maximum Gasteiger partial charge on any atom is 0.323 e. The number of hydrogen-bond acceptors (Lipinski definition) is 4. The largest absolute Gasteiger partial charge is 0.459 e. The molecule has 2 aliphatic rings. The van der Waals surface area contributed by atoms with Gasteiger partial charge in [0.05, 0.1) is 0 Å². The highest BCUT2D eigenvalue weighted by molar-refractivity contribution is 5.76. The summed E-state index contributed by atoms with van der Waals surface area (Å²) < 4.78 is 10.9. The summed E-state index contributed by atoms with van der Waals surface area (Å²) >= 11 is 0. The molecule has 2 saturated heterocycles. The minimum atomic E-state index is -0.385. The fourth-order valence-corrected chi connectivity index (χ4v) is 2.94. The van der Waals surface area contributed by atoms with Crippen molar-refractivity contribution in [2.45, 2.75) is 58.1 Å². The molecule has 2 rings (SSSR count). The first-order valence-corrected chi connectivity index (χ1v) is 7.50. The average molecular weight is 269 g/mol. The fraction of sp³-hybridized carbons (Fsp3) is 0.933. The van der Waals surface area contributed by atoms with E-state index in [1.807, 2.05) is 20.8 Å². The monoisotopic (exact) mass is 269 g/mol. The molecule has 0 aliphatic carbocycles. The highest BCUT2D eigenvalue weighted by atomic mass is 16.6. The summed E-state index contributed by atoms with van der Waals surface area (Å²) in [7, 11) is 0. The highest BCUT2D eigenvalue weighted by Gasteiger charge is 2.35. The van der Waals surface area contributed by atoms with E-state index in [1.165, 1.54) is 0 Å². The molecule has 1 atom stereocenters. The Hall–Kier alpha value is -0.610. The molecule has 2 heterocycles. The summed E-state index contributed by atoms with van der Waals surface area (Å²) in [6, 6.07) is -0.0259. The summed E-state index contributed by atoms with van der Waals surface area (Å²) in [6.07, 6.45) is 4.29. The lowest BCUT2D eigenvalue weighted by molar-refractivity contribution is -0.160. The second-order valence-electron chi connectivity index (χ2n) is 6.74. The number of rotatable bonds is 3. The van der Waals surface area contributed by atoms with Gasteiger partial charge in [0.25, 0.3) is 0 Å². The molecule has 0 radical (unpaired) electrons. The number of carbonyl (C=O) groups is 1. The van der Waals surface area contributed by atoms with E-state index in [0.717, 1.165) is 52.0 Å². The third-order valence-corrected chi connectivity index (χ3v) is 3.88. The first-order chi connectivity index (χ1) is 8.96. The molecule has 1 unspecified atom stereocenters. The highest BCUT2D eigenvalue weighted by Crippen LogP contribution is 2.25. The minimum absolute atomic E-state index is 0.0259. The Morgan fingerprint density at radius 1 is 1.26 bits per heavy atom. The Morgan fingerprint density at radius 3 is 2.58 bits per heavy atom. The van der Waals surface area contributed by atoms with E-state index in [9.17, 15) is 4.79 Å². The van der Waals surface area contributed by atoms with Crippen LogP contribution in [0.15, 0.2) is 0 Å². The molecule has 0 aromatic carbocycles. The third kappa shape index (κ3) is 4.46. The maximum absolute atomic E-state index is 12.2. The normalized spacial score (nSPS) is 26.6. The molecule has 0 spiro atoms. The van der Waals surface area contributed by atoms with E-state index >= 15 is 0 Å². The van der Waals surface area contributed by atoms with Crippen LogP contribution in [0.5, 0.6) is 0 Å². The van der Waals surface area contributed by atoms with Gasteiger partial charge in [-0.2, -0.15) is 0 Å². The van der Waals surface area contributed by atoms with Crippen LogP contribution in [0.3, 0.4) is 0 Å². The van der Waals surface area contributed by atoms with Gasteiger partial charge in [-0.3, -0.25) is 9.69 Å². The lowest BCUT2D eigenvalue weighted by atomic mass is 9.99. The Kier molecular flexibility index (Phi) is 4.85.